The molecule has 0 aromatic heterocycles. The van der Waals surface area contributed by atoms with Crippen molar-refractivity contribution < 1.29 is 22.4 Å². The van der Waals surface area contributed by atoms with Crippen LogP contribution in [0.1, 0.15) is 17.3 Å². The minimum Gasteiger partial charge on any atom is -0.330 e. The van der Waals surface area contributed by atoms with E-state index in [1.165, 1.54) is 13.0 Å². The molecule has 0 aliphatic heterocycles. The third-order valence-electron chi connectivity index (χ3n) is 2.20. The number of halogens is 5. The number of hydrogen-bond donors (Lipinski definition) is 0. The van der Waals surface area contributed by atoms with Crippen LogP contribution in [0.25, 0.3) is 0 Å². The molecule has 1 aromatic rings. The third-order valence-corrected chi connectivity index (χ3v) is 3.09. The fourth-order valence-corrected chi connectivity index (χ4v) is 2.08. The summed E-state index contributed by atoms with van der Waals surface area (Å²) < 4.78 is 50.0. The summed E-state index contributed by atoms with van der Waals surface area (Å²) in [5.41, 5.74) is 0.0723. The summed E-state index contributed by atoms with van der Waals surface area (Å²) in [5.74, 6) is -1.28. The summed E-state index contributed by atoms with van der Waals surface area (Å²) in [7, 11) is 0. The fourth-order valence-electron chi connectivity index (χ4n) is 1.38. The number of nitrogens with zero attached hydrogens (tertiary/aromatic N) is 1. The van der Waals surface area contributed by atoms with Crippen molar-refractivity contribution in [3.05, 3.63) is 33.1 Å². The van der Waals surface area contributed by atoms with Crippen molar-refractivity contribution in [2.24, 2.45) is 0 Å². The molecule has 1 rings (SSSR count). The van der Waals surface area contributed by atoms with E-state index in [0.717, 1.165) is 12.1 Å². The Morgan fingerprint density at radius 2 is 2.00 bits per heavy atom. The second-order valence-corrected chi connectivity index (χ2v) is 4.72. The third kappa shape index (κ3) is 4.11. The molecule has 1 amide bonds. The van der Waals surface area contributed by atoms with Gasteiger partial charge in [0.2, 0.25) is 0 Å². The maximum atomic E-state index is 12.9. The number of carbonyl (C=O) groups excluding carboxylic acids is 1. The van der Waals surface area contributed by atoms with Crippen LogP contribution >= 0.6 is 22.6 Å². The zero-order valence-electron chi connectivity index (χ0n) is 9.39. The first-order valence-electron chi connectivity index (χ1n) is 5.05. The van der Waals surface area contributed by atoms with E-state index in [-0.39, 0.29) is 12.1 Å². The van der Waals surface area contributed by atoms with Crippen LogP contribution in [0.5, 0.6) is 0 Å². The van der Waals surface area contributed by atoms with Crippen molar-refractivity contribution in [3.8, 4) is 0 Å². The molecule has 0 aliphatic carbocycles. The first-order chi connectivity index (χ1) is 8.24. The van der Waals surface area contributed by atoms with Crippen LogP contribution in [0.2, 0.25) is 0 Å². The SMILES string of the molecule is CCN(CC(F)(F)F)C(=O)c1ccc(F)cc1I. The molecule has 100 valence electrons. The van der Waals surface area contributed by atoms with Crippen molar-refractivity contribution in [2.45, 2.75) is 13.1 Å². The van der Waals surface area contributed by atoms with Crippen molar-refractivity contribution in [1.82, 2.24) is 4.90 Å². The molecule has 0 radical (unpaired) electrons. The Morgan fingerprint density at radius 3 is 2.44 bits per heavy atom. The molecule has 0 unspecified atom stereocenters. The van der Waals surface area contributed by atoms with Gasteiger partial charge in [-0.05, 0) is 47.7 Å². The van der Waals surface area contributed by atoms with Gasteiger partial charge in [0.25, 0.3) is 5.91 Å². The first kappa shape index (κ1) is 15.2. The predicted octanol–water partition coefficient (Wildman–Crippen LogP) is 3.45. The number of benzene rings is 1. The van der Waals surface area contributed by atoms with Gasteiger partial charge >= 0.3 is 6.18 Å². The maximum absolute atomic E-state index is 12.9. The Bertz CT molecular complexity index is 447. The summed E-state index contributed by atoms with van der Waals surface area (Å²) >= 11 is 1.72. The molecular weight excluding hydrogens is 365 g/mol. The lowest BCUT2D eigenvalue weighted by Gasteiger charge is -2.22. The average molecular weight is 375 g/mol. The van der Waals surface area contributed by atoms with Gasteiger partial charge in [0.05, 0.1) is 5.56 Å². The summed E-state index contributed by atoms with van der Waals surface area (Å²) in [5, 5.41) is 0. The van der Waals surface area contributed by atoms with E-state index in [1.54, 1.807) is 22.6 Å². The molecule has 0 fully saturated rings. The Morgan fingerprint density at radius 1 is 1.39 bits per heavy atom. The topological polar surface area (TPSA) is 20.3 Å². The maximum Gasteiger partial charge on any atom is 0.406 e. The lowest BCUT2D eigenvalue weighted by molar-refractivity contribution is -0.140. The number of rotatable bonds is 3. The zero-order chi connectivity index (χ0) is 13.9. The van der Waals surface area contributed by atoms with Crippen molar-refractivity contribution in [2.75, 3.05) is 13.1 Å². The monoisotopic (exact) mass is 375 g/mol. The molecule has 0 bridgehead atoms. The van der Waals surface area contributed by atoms with E-state index < -0.39 is 24.4 Å². The van der Waals surface area contributed by atoms with Gasteiger partial charge in [-0.3, -0.25) is 4.79 Å². The number of hydrogen-bond acceptors (Lipinski definition) is 1. The lowest BCUT2D eigenvalue weighted by Crippen LogP contribution is -2.39. The first-order valence-corrected chi connectivity index (χ1v) is 6.13. The minimum absolute atomic E-state index is 0.0637. The summed E-state index contributed by atoms with van der Waals surface area (Å²) in [4.78, 5) is 12.6. The molecule has 0 aliphatic rings. The fraction of sp³-hybridized carbons (Fsp3) is 0.364. The van der Waals surface area contributed by atoms with Crippen molar-refractivity contribution in [3.63, 3.8) is 0 Å². The standard InChI is InChI=1S/C11H10F4INO/c1-2-17(6-11(13,14)15)10(18)8-4-3-7(12)5-9(8)16/h3-5H,2,6H2,1H3. The summed E-state index contributed by atoms with van der Waals surface area (Å²) in [6.45, 7) is 0.0849. The highest BCUT2D eigenvalue weighted by Crippen LogP contribution is 2.20. The Balaban J connectivity index is 2.97. The van der Waals surface area contributed by atoms with Gasteiger partial charge in [-0.15, -0.1) is 0 Å². The van der Waals surface area contributed by atoms with E-state index in [2.05, 4.69) is 0 Å². The molecule has 7 heteroatoms. The van der Waals surface area contributed by atoms with Gasteiger partial charge in [0.15, 0.2) is 0 Å². The van der Waals surface area contributed by atoms with Gasteiger partial charge < -0.3 is 4.90 Å². The highest BCUT2D eigenvalue weighted by atomic mass is 127. The normalized spacial score (nSPS) is 11.4. The molecular formula is C11H10F4INO. The van der Waals surface area contributed by atoms with Crippen LogP contribution < -0.4 is 0 Å². The van der Waals surface area contributed by atoms with Crippen LogP contribution in [-0.4, -0.2) is 30.1 Å². The molecule has 18 heavy (non-hydrogen) atoms. The van der Waals surface area contributed by atoms with Crippen molar-refractivity contribution >= 4 is 28.5 Å². The molecule has 0 saturated carbocycles. The smallest absolute Gasteiger partial charge is 0.330 e. The van der Waals surface area contributed by atoms with E-state index >= 15 is 0 Å². The quantitative estimate of drug-likeness (QED) is 0.586. The average Bonchev–Trinajstić information content (AvgIpc) is 2.24. The molecule has 2 nitrogen and oxygen atoms in total. The second kappa shape index (κ2) is 5.85. The van der Waals surface area contributed by atoms with Crippen LogP contribution in [-0.2, 0) is 0 Å². The van der Waals surface area contributed by atoms with Crippen LogP contribution in [0.4, 0.5) is 17.6 Å². The van der Waals surface area contributed by atoms with E-state index in [1.807, 2.05) is 0 Å². The predicted molar refractivity (Wildman–Crippen MR) is 66.7 cm³/mol. The van der Waals surface area contributed by atoms with E-state index in [9.17, 15) is 22.4 Å². The van der Waals surface area contributed by atoms with Crippen LogP contribution in [0.3, 0.4) is 0 Å². The van der Waals surface area contributed by atoms with Crippen LogP contribution in [0.15, 0.2) is 18.2 Å². The largest absolute Gasteiger partial charge is 0.406 e. The zero-order valence-corrected chi connectivity index (χ0v) is 11.5. The molecule has 0 spiro atoms. The number of amides is 1. The minimum atomic E-state index is -4.45. The van der Waals surface area contributed by atoms with E-state index in [0.29, 0.717) is 8.47 Å². The molecule has 1 aromatic carbocycles. The van der Waals surface area contributed by atoms with Gasteiger partial charge in [-0.1, -0.05) is 0 Å². The lowest BCUT2D eigenvalue weighted by atomic mass is 10.2. The Hall–Kier alpha value is -0.860. The van der Waals surface area contributed by atoms with Crippen LogP contribution in [0, 0.1) is 9.39 Å². The van der Waals surface area contributed by atoms with Gasteiger partial charge in [-0.25, -0.2) is 4.39 Å². The Kier molecular flexibility index (Phi) is 4.94. The van der Waals surface area contributed by atoms with Gasteiger partial charge in [0, 0.05) is 10.1 Å². The van der Waals surface area contributed by atoms with Crippen molar-refractivity contribution in [1.29, 1.82) is 0 Å². The number of alkyl halides is 3. The summed E-state index contributed by atoms with van der Waals surface area (Å²) in [6.07, 6.45) is -4.45. The highest BCUT2D eigenvalue weighted by molar-refractivity contribution is 14.1. The Labute approximate surface area is 115 Å². The molecule has 0 N–H and O–H groups in total. The van der Waals surface area contributed by atoms with Gasteiger partial charge in [-0.2, -0.15) is 13.2 Å². The highest BCUT2D eigenvalue weighted by Gasteiger charge is 2.33. The number of carbonyl (C=O) groups is 1. The summed E-state index contributed by atoms with van der Waals surface area (Å²) in [6, 6.07) is 3.35. The molecule has 0 heterocycles. The van der Waals surface area contributed by atoms with E-state index in [4.69, 9.17) is 0 Å². The molecule has 0 atom stereocenters. The second-order valence-electron chi connectivity index (χ2n) is 3.56. The molecule has 0 saturated heterocycles. The van der Waals surface area contributed by atoms with Gasteiger partial charge in [0.1, 0.15) is 12.4 Å².